The van der Waals surface area contributed by atoms with Gasteiger partial charge in [0.25, 0.3) is 0 Å². The zero-order chi connectivity index (χ0) is 14.3. The van der Waals surface area contributed by atoms with Gasteiger partial charge in [-0.3, -0.25) is 4.57 Å². The first-order valence-electron chi connectivity index (χ1n) is 6.15. The average Bonchev–Trinajstić information content (AvgIpc) is 2.80. The first kappa shape index (κ1) is 13.8. The molecule has 1 heterocycles. The van der Waals surface area contributed by atoms with Gasteiger partial charge in [0.05, 0.1) is 16.6 Å². The molecule has 2 aromatic carbocycles. The number of rotatable bonds is 2. The lowest BCUT2D eigenvalue weighted by atomic mass is 10.2. The summed E-state index contributed by atoms with van der Waals surface area (Å²) in [5.41, 5.74) is 2.05. The predicted octanol–water partition coefficient (Wildman–Crippen LogP) is 5.07. The Balaban J connectivity index is 2.42. The Morgan fingerprint density at radius 3 is 2.65 bits per heavy atom. The minimum atomic E-state index is -0.328. The lowest BCUT2D eigenvalue weighted by Gasteiger charge is -2.12. The zero-order valence-corrected chi connectivity index (χ0v) is 13.6. The van der Waals surface area contributed by atoms with Crippen LogP contribution in [0.3, 0.4) is 0 Å². The van der Waals surface area contributed by atoms with Crippen molar-refractivity contribution in [1.82, 2.24) is 9.55 Å². The van der Waals surface area contributed by atoms with Gasteiger partial charge in [-0.05, 0) is 53.8 Å². The minimum absolute atomic E-state index is 0.308. The number of alkyl halides is 1. The summed E-state index contributed by atoms with van der Waals surface area (Å²) >= 11 is 8.48. The highest BCUT2D eigenvalue weighted by molar-refractivity contribution is 14.1. The average molecular weight is 401 g/mol. The molecule has 0 bridgehead atoms. The van der Waals surface area contributed by atoms with Crippen LogP contribution in [-0.4, -0.2) is 9.55 Å². The standard InChI is InChI=1S/C15H11ClFIN2/c1-9(16)15-19-14-10(17)5-4-8-13(14)20(15)12-7-3-2-6-11(12)18/h2-9H,1H3. The number of hydrogen-bond donors (Lipinski definition) is 0. The molecular formula is C15H11ClFIN2. The zero-order valence-electron chi connectivity index (χ0n) is 10.6. The maximum atomic E-state index is 13.9. The predicted molar refractivity (Wildman–Crippen MR) is 88.0 cm³/mol. The molecule has 0 N–H and O–H groups in total. The van der Waals surface area contributed by atoms with Gasteiger partial charge >= 0.3 is 0 Å². The van der Waals surface area contributed by atoms with Crippen LogP contribution in [0.4, 0.5) is 4.39 Å². The van der Waals surface area contributed by atoms with E-state index in [1.807, 2.05) is 41.8 Å². The van der Waals surface area contributed by atoms with Crippen LogP contribution in [0, 0.1) is 9.39 Å². The van der Waals surface area contributed by atoms with Gasteiger partial charge in [0.2, 0.25) is 0 Å². The quantitative estimate of drug-likeness (QED) is 0.434. The number of aromatic nitrogens is 2. The van der Waals surface area contributed by atoms with Crippen molar-refractivity contribution in [2.75, 3.05) is 0 Å². The molecule has 102 valence electrons. The smallest absolute Gasteiger partial charge is 0.151 e. The van der Waals surface area contributed by atoms with Crippen LogP contribution in [-0.2, 0) is 0 Å². The van der Waals surface area contributed by atoms with Crippen LogP contribution >= 0.6 is 34.2 Å². The third-order valence-electron chi connectivity index (χ3n) is 3.11. The van der Waals surface area contributed by atoms with Crippen LogP contribution in [0.2, 0.25) is 0 Å². The molecule has 20 heavy (non-hydrogen) atoms. The third-order valence-corrected chi connectivity index (χ3v) is 4.22. The fraction of sp³-hybridized carbons (Fsp3) is 0.133. The first-order valence-corrected chi connectivity index (χ1v) is 7.67. The second-order valence-electron chi connectivity index (χ2n) is 4.48. The van der Waals surface area contributed by atoms with E-state index in [1.54, 1.807) is 6.07 Å². The second-order valence-corrected chi connectivity index (χ2v) is 6.30. The fourth-order valence-corrected chi connectivity index (χ4v) is 3.01. The van der Waals surface area contributed by atoms with Crippen molar-refractivity contribution in [3.8, 4) is 5.69 Å². The molecule has 0 saturated carbocycles. The lowest BCUT2D eigenvalue weighted by molar-refractivity contribution is 0.637. The molecule has 0 fully saturated rings. The highest BCUT2D eigenvalue weighted by Gasteiger charge is 2.19. The Labute approximate surface area is 134 Å². The fourth-order valence-electron chi connectivity index (χ4n) is 2.24. The molecule has 0 amide bonds. The molecule has 0 aliphatic rings. The van der Waals surface area contributed by atoms with Gasteiger partial charge in [0.1, 0.15) is 11.3 Å². The second kappa shape index (κ2) is 5.33. The summed E-state index contributed by atoms with van der Waals surface area (Å²) in [6.45, 7) is 1.84. The van der Waals surface area contributed by atoms with E-state index < -0.39 is 0 Å². The summed E-state index contributed by atoms with van der Waals surface area (Å²) in [6.07, 6.45) is 0. The van der Waals surface area contributed by atoms with Crippen molar-refractivity contribution in [2.24, 2.45) is 0 Å². The van der Waals surface area contributed by atoms with Crippen LogP contribution in [0.15, 0.2) is 42.5 Å². The molecule has 0 aliphatic carbocycles. The highest BCUT2D eigenvalue weighted by Crippen LogP contribution is 2.30. The van der Waals surface area contributed by atoms with E-state index >= 15 is 0 Å². The SMILES string of the molecule is CC(Cl)c1nc2c(F)cccc2n1-c1ccccc1I. The molecule has 1 aromatic heterocycles. The van der Waals surface area contributed by atoms with Gasteiger partial charge in [-0.25, -0.2) is 9.37 Å². The maximum absolute atomic E-state index is 13.9. The Kier molecular flexibility index (Phi) is 3.69. The van der Waals surface area contributed by atoms with Crippen molar-refractivity contribution >= 4 is 45.2 Å². The maximum Gasteiger partial charge on any atom is 0.151 e. The van der Waals surface area contributed by atoms with E-state index in [0.29, 0.717) is 11.3 Å². The van der Waals surface area contributed by atoms with Crippen molar-refractivity contribution in [2.45, 2.75) is 12.3 Å². The Bertz CT molecular complexity index is 783. The number of fused-ring (bicyclic) bond motifs is 1. The van der Waals surface area contributed by atoms with E-state index in [0.717, 1.165) is 14.8 Å². The molecule has 3 rings (SSSR count). The van der Waals surface area contributed by atoms with Crippen LogP contribution in [0.5, 0.6) is 0 Å². The molecular weight excluding hydrogens is 390 g/mol. The molecule has 2 nitrogen and oxygen atoms in total. The molecule has 0 saturated heterocycles. The van der Waals surface area contributed by atoms with Crippen LogP contribution in [0.1, 0.15) is 18.1 Å². The number of imidazole rings is 1. The van der Waals surface area contributed by atoms with E-state index in [4.69, 9.17) is 11.6 Å². The topological polar surface area (TPSA) is 17.8 Å². The van der Waals surface area contributed by atoms with Crippen molar-refractivity contribution in [3.63, 3.8) is 0 Å². The number of para-hydroxylation sites is 2. The van der Waals surface area contributed by atoms with Crippen molar-refractivity contribution in [1.29, 1.82) is 0 Å². The van der Waals surface area contributed by atoms with Gasteiger partial charge in [0, 0.05) is 3.57 Å². The van der Waals surface area contributed by atoms with Crippen molar-refractivity contribution < 1.29 is 4.39 Å². The summed E-state index contributed by atoms with van der Waals surface area (Å²) in [4.78, 5) is 4.38. The van der Waals surface area contributed by atoms with E-state index in [9.17, 15) is 4.39 Å². The van der Waals surface area contributed by atoms with Gasteiger partial charge in [-0.2, -0.15) is 0 Å². The number of benzene rings is 2. The summed E-state index contributed by atoms with van der Waals surface area (Å²) in [7, 11) is 0. The van der Waals surface area contributed by atoms with Gasteiger partial charge in [-0.1, -0.05) is 18.2 Å². The summed E-state index contributed by atoms with van der Waals surface area (Å²) in [6, 6.07) is 12.9. The number of nitrogens with zero attached hydrogens (tertiary/aromatic N) is 2. The van der Waals surface area contributed by atoms with Gasteiger partial charge in [-0.15, -0.1) is 11.6 Å². The summed E-state index contributed by atoms with van der Waals surface area (Å²) in [5.74, 6) is 0.321. The molecule has 1 unspecified atom stereocenters. The third kappa shape index (κ3) is 2.20. The van der Waals surface area contributed by atoms with Gasteiger partial charge in [0.15, 0.2) is 5.82 Å². The number of halogens is 3. The first-order chi connectivity index (χ1) is 9.59. The summed E-state index contributed by atoms with van der Waals surface area (Å²) < 4.78 is 16.9. The Morgan fingerprint density at radius 1 is 1.20 bits per heavy atom. The monoisotopic (exact) mass is 400 g/mol. The highest BCUT2D eigenvalue weighted by atomic mass is 127. The largest absolute Gasteiger partial charge is 0.294 e. The Hall–Kier alpha value is -1.14. The number of hydrogen-bond acceptors (Lipinski definition) is 1. The van der Waals surface area contributed by atoms with Gasteiger partial charge < -0.3 is 0 Å². The van der Waals surface area contributed by atoms with E-state index in [-0.39, 0.29) is 11.2 Å². The molecule has 0 radical (unpaired) electrons. The molecule has 1 atom stereocenters. The van der Waals surface area contributed by atoms with E-state index in [1.165, 1.54) is 6.07 Å². The Morgan fingerprint density at radius 2 is 1.95 bits per heavy atom. The molecule has 0 spiro atoms. The summed E-state index contributed by atoms with van der Waals surface area (Å²) in [5, 5.41) is -0.308. The minimum Gasteiger partial charge on any atom is -0.294 e. The molecule has 5 heteroatoms. The molecule has 3 aromatic rings. The lowest BCUT2D eigenvalue weighted by Crippen LogP contribution is -2.03. The van der Waals surface area contributed by atoms with Crippen molar-refractivity contribution in [3.05, 3.63) is 57.7 Å². The molecule has 0 aliphatic heterocycles. The normalized spacial score (nSPS) is 12.8. The van der Waals surface area contributed by atoms with Crippen LogP contribution in [0.25, 0.3) is 16.7 Å². The van der Waals surface area contributed by atoms with Crippen LogP contribution < -0.4 is 0 Å². The van der Waals surface area contributed by atoms with E-state index in [2.05, 4.69) is 27.6 Å².